The lowest BCUT2D eigenvalue weighted by Crippen LogP contribution is -2.36. The third-order valence-electron chi connectivity index (χ3n) is 1.57. The van der Waals surface area contributed by atoms with Crippen LogP contribution in [0.25, 0.3) is 0 Å². The summed E-state index contributed by atoms with van der Waals surface area (Å²) < 4.78 is 11.6. The van der Waals surface area contributed by atoms with Gasteiger partial charge in [-0.2, -0.15) is 0 Å². The van der Waals surface area contributed by atoms with Gasteiger partial charge in [0.25, 0.3) is 11.8 Å². The lowest BCUT2D eigenvalue weighted by molar-refractivity contribution is -0.196. The predicted molar refractivity (Wildman–Crippen MR) is 41.7 cm³/mol. The number of amides is 3. The highest BCUT2D eigenvalue weighted by Crippen LogP contribution is 2.11. The Morgan fingerprint density at radius 2 is 1.87 bits per heavy atom. The molecule has 0 bridgehead atoms. The highest BCUT2D eigenvalue weighted by Gasteiger charge is 2.32. The Morgan fingerprint density at radius 3 is 2.33 bits per heavy atom. The van der Waals surface area contributed by atoms with E-state index in [1.165, 1.54) is 5.32 Å². The zero-order chi connectivity index (χ0) is 11.4. The molecule has 0 aromatic rings. The van der Waals surface area contributed by atoms with Crippen molar-refractivity contribution in [2.75, 3.05) is 6.54 Å². The van der Waals surface area contributed by atoms with E-state index in [9.17, 15) is 23.6 Å². The summed E-state index contributed by atoms with van der Waals surface area (Å²) in [7, 11) is 0. The molecule has 1 fully saturated rings. The highest BCUT2D eigenvalue weighted by atomic mass is 19.1. The van der Waals surface area contributed by atoms with Gasteiger partial charge in [0.05, 0.1) is 0 Å². The fraction of sp³-hybridized carbons (Fsp3) is 0.429. The smallest absolute Gasteiger partial charge is 0.328 e. The first kappa shape index (κ1) is 11.1. The van der Waals surface area contributed by atoms with Crippen molar-refractivity contribution in [3.05, 3.63) is 0 Å². The van der Waals surface area contributed by atoms with Crippen molar-refractivity contribution in [3.63, 3.8) is 0 Å². The van der Waals surface area contributed by atoms with Crippen LogP contribution in [0.3, 0.4) is 0 Å². The van der Waals surface area contributed by atoms with E-state index < -0.39 is 30.5 Å². The minimum absolute atomic E-state index is 0.0262. The summed E-state index contributed by atoms with van der Waals surface area (Å²) in [6.07, 6.45) is -1.95. The van der Waals surface area contributed by atoms with Crippen LogP contribution >= 0.6 is 0 Å². The van der Waals surface area contributed by atoms with Crippen molar-refractivity contribution in [1.29, 1.82) is 0 Å². The maximum Gasteiger partial charge on any atom is 0.397 e. The van der Waals surface area contributed by atoms with Crippen LogP contribution < -0.4 is 5.32 Å². The van der Waals surface area contributed by atoms with E-state index >= 15 is 0 Å². The summed E-state index contributed by atoms with van der Waals surface area (Å²) in [6.45, 7) is -0.744. The maximum atomic E-state index is 11.6. The Hall–Kier alpha value is -1.99. The minimum atomic E-state index is -1.90. The molecule has 1 heterocycles. The van der Waals surface area contributed by atoms with E-state index in [4.69, 9.17) is 0 Å². The fourth-order valence-corrected chi connectivity index (χ4v) is 0.934. The molecule has 82 valence electrons. The molecule has 0 radical (unpaired) electrons. The van der Waals surface area contributed by atoms with Gasteiger partial charge in [-0.05, 0) is 0 Å². The molecule has 0 spiro atoms. The predicted octanol–water partition coefficient (Wildman–Crippen LogP) is -0.727. The molecule has 3 amide bonds. The van der Waals surface area contributed by atoms with E-state index in [1.54, 1.807) is 0 Å². The summed E-state index contributed by atoms with van der Waals surface area (Å²) in [5.41, 5.74) is 0. The Morgan fingerprint density at radius 1 is 1.33 bits per heavy atom. The van der Waals surface area contributed by atoms with E-state index in [0.29, 0.717) is 5.06 Å². The quantitative estimate of drug-likeness (QED) is 0.383. The van der Waals surface area contributed by atoms with Gasteiger partial charge >= 0.3 is 12.1 Å². The molecule has 1 saturated heterocycles. The van der Waals surface area contributed by atoms with E-state index in [1.807, 2.05) is 0 Å². The van der Waals surface area contributed by atoms with Crippen LogP contribution in [0, 0.1) is 0 Å². The molecule has 7 nitrogen and oxygen atoms in total. The summed E-state index contributed by atoms with van der Waals surface area (Å²) in [6, 6.07) is 0. The average molecular weight is 218 g/mol. The number of carbonyl (C=O) groups is 4. The molecule has 0 aromatic carbocycles. The molecular formula is C7H7FN2O5. The number of hydroxylamine groups is 2. The first-order chi connectivity index (χ1) is 7.00. The number of rotatable bonds is 3. The zero-order valence-electron chi connectivity index (χ0n) is 7.49. The van der Waals surface area contributed by atoms with Gasteiger partial charge in [0.15, 0.2) is 0 Å². The number of nitrogens with one attached hydrogen (secondary N) is 1. The van der Waals surface area contributed by atoms with Crippen LogP contribution in [0.15, 0.2) is 0 Å². The SMILES string of the molecule is O=C(F)NCC(=O)ON1C(=O)CCC1=O. The van der Waals surface area contributed by atoms with Crippen molar-refractivity contribution in [2.45, 2.75) is 12.8 Å². The summed E-state index contributed by atoms with van der Waals surface area (Å²) in [5.74, 6) is -2.37. The molecule has 8 heteroatoms. The summed E-state index contributed by atoms with van der Waals surface area (Å²) in [4.78, 5) is 46.8. The molecule has 0 aliphatic carbocycles. The second-order valence-corrected chi connectivity index (χ2v) is 2.67. The highest BCUT2D eigenvalue weighted by molar-refractivity contribution is 6.01. The number of imide groups is 1. The summed E-state index contributed by atoms with van der Waals surface area (Å²) >= 11 is 0. The van der Waals surface area contributed by atoms with Gasteiger partial charge in [-0.3, -0.25) is 9.59 Å². The first-order valence-corrected chi connectivity index (χ1v) is 4.00. The van der Waals surface area contributed by atoms with Crippen molar-refractivity contribution >= 4 is 23.9 Å². The number of hydrogen-bond donors (Lipinski definition) is 1. The lowest BCUT2D eigenvalue weighted by Gasteiger charge is -2.11. The third-order valence-corrected chi connectivity index (χ3v) is 1.57. The van der Waals surface area contributed by atoms with E-state index in [0.717, 1.165) is 0 Å². The van der Waals surface area contributed by atoms with E-state index in [-0.39, 0.29) is 12.8 Å². The normalized spacial score (nSPS) is 15.4. The van der Waals surface area contributed by atoms with Crippen molar-refractivity contribution in [2.24, 2.45) is 0 Å². The van der Waals surface area contributed by atoms with Gasteiger partial charge in [0, 0.05) is 12.8 Å². The second kappa shape index (κ2) is 4.49. The second-order valence-electron chi connectivity index (χ2n) is 2.67. The molecule has 1 aliphatic rings. The fourth-order valence-electron chi connectivity index (χ4n) is 0.934. The maximum absolute atomic E-state index is 11.6. The van der Waals surface area contributed by atoms with Gasteiger partial charge in [-0.1, -0.05) is 0 Å². The van der Waals surface area contributed by atoms with Gasteiger partial charge in [-0.15, -0.1) is 9.45 Å². The first-order valence-electron chi connectivity index (χ1n) is 4.00. The van der Waals surface area contributed by atoms with Crippen LogP contribution in [0.4, 0.5) is 9.18 Å². The molecule has 0 aromatic heterocycles. The summed E-state index contributed by atoms with van der Waals surface area (Å²) in [5, 5.41) is 1.83. The van der Waals surface area contributed by atoms with Crippen LogP contribution in [-0.2, 0) is 19.2 Å². The largest absolute Gasteiger partial charge is 0.397 e. The lowest BCUT2D eigenvalue weighted by atomic mass is 10.4. The van der Waals surface area contributed by atoms with Crippen LogP contribution in [0.2, 0.25) is 0 Å². The van der Waals surface area contributed by atoms with Crippen LogP contribution in [0.1, 0.15) is 12.8 Å². The molecule has 0 unspecified atom stereocenters. The van der Waals surface area contributed by atoms with Crippen LogP contribution in [-0.4, -0.2) is 35.6 Å². The van der Waals surface area contributed by atoms with Gasteiger partial charge in [0.2, 0.25) is 0 Å². The molecule has 0 saturated carbocycles. The minimum Gasteiger partial charge on any atom is -0.328 e. The van der Waals surface area contributed by atoms with Crippen LogP contribution in [0.5, 0.6) is 0 Å². The van der Waals surface area contributed by atoms with Gasteiger partial charge < -0.3 is 10.2 Å². The topological polar surface area (TPSA) is 92.8 Å². The molecule has 1 rings (SSSR count). The van der Waals surface area contributed by atoms with E-state index in [2.05, 4.69) is 4.84 Å². The monoisotopic (exact) mass is 218 g/mol. The van der Waals surface area contributed by atoms with Gasteiger partial charge in [0.1, 0.15) is 6.54 Å². The van der Waals surface area contributed by atoms with Gasteiger partial charge in [-0.25, -0.2) is 9.59 Å². The van der Waals surface area contributed by atoms with Crippen molar-refractivity contribution < 1.29 is 28.4 Å². The molecule has 0 atom stereocenters. The molecule has 1 N–H and O–H groups in total. The molecular weight excluding hydrogens is 211 g/mol. The Bertz CT molecular complexity index is 313. The Balaban J connectivity index is 2.40. The standard InChI is InChI=1S/C7H7FN2O5/c8-7(14)9-3-6(13)15-10-4(11)1-2-5(10)12/h1-3H2,(H,9,14). The molecule has 1 aliphatic heterocycles. The van der Waals surface area contributed by atoms with Crippen molar-refractivity contribution in [3.8, 4) is 0 Å². The zero-order valence-corrected chi connectivity index (χ0v) is 7.49. The number of halogens is 1. The Labute approximate surface area is 83.1 Å². The number of nitrogens with zero attached hydrogens (tertiary/aromatic N) is 1. The third kappa shape index (κ3) is 3.01. The average Bonchev–Trinajstić information content (AvgIpc) is 2.46. The number of carbonyl (C=O) groups excluding carboxylic acids is 4. The Kier molecular flexibility index (Phi) is 3.32. The van der Waals surface area contributed by atoms with Crippen molar-refractivity contribution in [1.82, 2.24) is 10.4 Å². The molecule has 15 heavy (non-hydrogen) atoms. The number of hydrogen-bond acceptors (Lipinski definition) is 5.